The summed E-state index contributed by atoms with van der Waals surface area (Å²) in [5.41, 5.74) is 2.38. The first-order valence-electron chi connectivity index (χ1n) is 6.98. The number of hydrogen-bond acceptors (Lipinski definition) is 3. The quantitative estimate of drug-likeness (QED) is 0.336. The fraction of sp³-hybridized carbons (Fsp3) is 0.438. The molecule has 1 unspecified atom stereocenters. The first-order valence-corrected chi connectivity index (χ1v) is 8.51. The molecule has 1 fully saturated rings. The van der Waals surface area contributed by atoms with Crippen LogP contribution < -0.4 is 0 Å². The number of allylic oxidation sites excluding steroid dienone is 1. The number of likely N-dealkylation sites (tertiary alicyclic amines) is 1. The van der Waals surface area contributed by atoms with Crippen LogP contribution >= 0.6 is 22.6 Å². The maximum Gasteiger partial charge on any atom is 0.332 e. The van der Waals surface area contributed by atoms with Gasteiger partial charge in [-0.25, -0.2) is 4.79 Å². The van der Waals surface area contributed by atoms with Crippen LogP contribution in [0.15, 0.2) is 42.1 Å². The van der Waals surface area contributed by atoms with Gasteiger partial charge < -0.3 is 9.64 Å². The average molecular weight is 385 g/mol. The Balaban J connectivity index is 2.13. The number of carbonyl (C=O) groups excluding carboxylic acids is 1. The fourth-order valence-electron chi connectivity index (χ4n) is 2.49. The van der Waals surface area contributed by atoms with E-state index in [1.165, 1.54) is 5.56 Å². The molecule has 108 valence electrons. The second-order valence-electron chi connectivity index (χ2n) is 4.85. The Bertz CT molecular complexity index is 473. The van der Waals surface area contributed by atoms with Gasteiger partial charge in [0.15, 0.2) is 0 Å². The molecule has 1 aromatic rings. The lowest BCUT2D eigenvalue weighted by atomic mass is 10.2. The zero-order valence-electron chi connectivity index (χ0n) is 11.7. The molecule has 1 aliphatic rings. The van der Waals surface area contributed by atoms with Crippen molar-refractivity contribution < 1.29 is 9.53 Å². The topological polar surface area (TPSA) is 29.5 Å². The summed E-state index contributed by atoms with van der Waals surface area (Å²) in [6.07, 6.45) is 3.74. The van der Waals surface area contributed by atoms with Gasteiger partial charge in [0.25, 0.3) is 0 Å². The van der Waals surface area contributed by atoms with Crippen LogP contribution in [0.4, 0.5) is 0 Å². The Hall–Kier alpha value is -1.04. The smallest absolute Gasteiger partial charge is 0.332 e. The predicted molar refractivity (Wildman–Crippen MR) is 88.6 cm³/mol. The maximum absolute atomic E-state index is 11.7. The van der Waals surface area contributed by atoms with Crippen LogP contribution in [0.5, 0.6) is 0 Å². The first kappa shape index (κ1) is 15.4. The van der Waals surface area contributed by atoms with E-state index in [0.29, 0.717) is 12.6 Å². The van der Waals surface area contributed by atoms with Crippen LogP contribution in [0, 0.1) is 0 Å². The molecule has 0 bridgehead atoms. The highest BCUT2D eigenvalue weighted by atomic mass is 127. The van der Waals surface area contributed by atoms with E-state index in [-0.39, 0.29) is 5.97 Å². The summed E-state index contributed by atoms with van der Waals surface area (Å²) in [6.45, 7) is 3.12. The van der Waals surface area contributed by atoms with Gasteiger partial charge in [-0.1, -0.05) is 52.9 Å². The van der Waals surface area contributed by atoms with E-state index in [1.807, 2.05) is 13.0 Å². The fourth-order valence-corrected chi connectivity index (χ4v) is 3.41. The van der Waals surface area contributed by atoms with E-state index in [2.05, 4.69) is 51.8 Å². The minimum absolute atomic E-state index is 0.227. The van der Waals surface area contributed by atoms with E-state index in [1.54, 1.807) is 6.08 Å². The van der Waals surface area contributed by atoms with Crippen LogP contribution in [0.1, 0.15) is 25.3 Å². The lowest BCUT2D eigenvalue weighted by Crippen LogP contribution is -2.29. The van der Waals surface area contributed by atoms with Crippen molar-refractivity contribution in [2.45, 2.75) is 32.4 Å². The Morgan fingerprint density at radius 3 is 2.85 bits per heavy atom. The van der Waals surface area contributed by atoms with Gasteiger partial charge >= 0.3 is 5.97 Å². The summed E-state index contributed by atoms with van der Waals surface area (Å²) in [4.78, 5) is 14.0. The van der Waals surface area contributed by atoms with Gasteiger partial charge in [0, 0.05) is 28.8 Å². The lowest BCUT2D eigenvalue weighted by Gasteiger charge is -2.26. The molecule has 0 radical (unpaired) electrons. The lowest BCUT2D eigenvalue weighted by molar-refractivity contribution is -0.137. The van der Waals surface area contributed by atoms with E-state index in [0.717, 1.165) is 29.5 Å². The molecule has 1 aromatic carbocycles. The van der Waals surface area contributed by atoms with Gasteiger partial charge in [-0.05, 0) is 25.3 Å². The summed E-state index contributed by atoms with van der Waals surface area (Å²) in [6, 6.07) is 10.9. The van der Waals surface area contributed by atoms with E-state index >= 15 is 0 Å². The molecule has 3 nitrogen and oxygen atoms in total. The molecule has 0 aromatic heterocycles. The van der Waals surface area contributed by atoms with Gasteiger partial charge in [0.05, 0.1) is 6.61 Å². The van der Waals surface area contributed by atoms with Crippen LogP contribution in [-0.2, 0) is 16.1 Å². The third-order valence-electron chi connectivity index (χ3n) is 3.49. The van der Waals surface area contributed by atoms with E-state index in [4.69, 9.17) is 4.74 Å². The Morgan fingerprint density at radius 1 is 1.45 bits per heavy atom. The Labute approximate surface area is 134 Å². The van der Waals surface area contributed by atoms with Gasteiger partial charge in [0.1, 0.15) is 0 Å². The number of esters is 1. The van der Waals surface area contributed by atoms with E-state index < -0.39 is 0 Å². The normalized spacial score (nSPS) is 20.4. The summed E-state index contributed by atoms with van der Waals surface area (Å²) in [7, 11) is 0. The van der Waals surface area contributed by atoms with Crippen LogP contribution in [0.3, 0.4) is 0 Å². The third kappa shape index (κ3) is 3.98. The molecular weight excluding hydrogens is 365 g/mol. The molecule has 0 aliphatic carbocycles. The van der Waals surface area contributed by atoms with Gasteiger partial charge in [-0.2, -0.15) is 0 Å². The number of benzene rings is 1. The van der Waals surface area contributed by atoms with E-state index in [9.17, 15) is 4.79 Å². The minimum Gasteiger partial charge on any atom is -0.463 e. The molecule has 1 heterocycles. The van der Waals surface area contributed by atoms with Gasteiger partial charge in [-0.3, -0.25) is 0 Å². The largest absolute Gasteiger partial charge is 0.463 e. The number of carbonyl (C=O) groups is 1. The van der Waals surface area contributed by atoms with Crippen LogP contribution in [-0.4, -0.2) is 27.9 Å². The summed E-state index contributed by atoms with van der Waals surface area (Å²) >= 11 is 2.42. The van der Waals surface area contributed by atoms with Crippen molar-refractivity contribution in [1.29, 1.82) is 0 Å². The molecule has 1 saturated heterocycles. The monoisotopic (exact) mass is 385 g/mol. The molecule has 0 spiro atoms. The Morgan fingerprint density at radius 2 is 2.20 bits per heavy atom. The maximum atomic E-state index is 11.7. The molecular formula is C16H20INO2. The minimum atomic E-state index is -0.227. The highest BCUT2D eigenvalue weighted by molar-refractivity contribution is 14.1. The van der Waals surface area contributed by atoms with Crippen LogP contribution in [0.2, 0.25) is 0 Å². The van der Waals surface area contributed by atoms with Gasteiger partial charge in [-0.15, -0.1) is 0 Å². The molecule has 4 heteroatoms. The van der Waals surface area contributed by atoms with Crippen molar-refractivity contribution in [3.05, 3.63) is 47.7 Å². The predicted octanol–water partition coefficient (Wildman–Crippen LogP) is 3.53. The molecule has 20 heavy (non-hydrogen) atoms. The number of nitrogens with zero attached hydrogens (tertiary/aromatic N) is 1. The summed E-state index contributed by atoms with van der Waals surface area (Å²) in [5.74, 6) is -0.227. The summed E-state index contributed by atoms with van der Waals surface area (Å²) in [5, 5.41) is 0. The number of alkyl halides is 1. The number of rotatable bonds is 5. The summed E-state index contributed by atoms with van der Waals surface area (Å²) < 4.78 is 6.10. The van der Waals surface area contributed by atoms with Crippen molar-refractivity contribution in [2.24, 2.45) is 0 Å². The van der Waals surface area contributed by atoms with Crippen molar-refractivity contribution in [3.63, 3.8) is 0 Å². The molecule has 0 saturated carbocycles. The average Bonchev–Trinajstić information content (AvgIpc) is 2.82. The van der Waals surface area contributed by atoms with Crippen molar-refractivity contribution >= 4 is 28.6 Å². The highest BCUT2D eigenvalue weighted by Crippen LogP contribution is 2.30. The van der Waals surface area contributed by atoms with Crippen molar-refractivity contribution in [1.82, 2.24) is 4.90 Å². The highest BCUT2D eigenvalue weighted by Gasteiger charge is 2.27. The second kappa shape index (κ2) is 7.67. The van der Waals surface area contributed by atoms with Gasteiger partial charge in [0.2, 0.25) is 0 Å². The second-order valence-corrected chi connectivity index (χ2v) is 5.73. The molecule has 2 rings (SSSR count). The number of ether oxygens (including phenoxy) is 1. The molecule has 0 N–H and O–H groups in total. The Kier molecular flexibility index (Phi) is 5.88. The standard InChI is InChI=1S/C16H20INO2/c1-2-20-16(19)10-14-8-9-15(11-17)18(14)12-13-6-4-3-5-7-13/h3-7,10,15H,2,8-9,11-12H2,1H3/b14-10+. The molecule has 1 atom stereocenters. The number of halogens is 1. The van der Waals surface area contributed by atoms with Crippen molar-refractivity contribution in [3.8, 4) is 0 Å². The zero-order chi connectivity index (χ0) is 14.4. The van der Waals surface area contributed by atoms with Crippen molar-refractivity contribution in [2.75, 3.05) is 11.0 Å². The van der Waals surface area contributed by atoms with Crippen LogP contribution in [0.25, 0.3) is 0 Å². The molecule has 1 aliphatic heterocycles. The first-order chi connectivity index (χ1) is 9.74. The molecule has 0 amide bonds. The number of hydrogen-bond donors (Lipinski definition) is 0. The SMILES string of the molecule is CCOC(=O)/C=C1\CCC(CI)N1Cc1ccccc1. The third-order valence-corrected chi connectivity index (χ3v) is 4.51. The zero-order valence-corrected chi connectivity index (χ0v) is 13.9.